The minimum Gasteiger partial charge on any atom is -0.393 e. The lowest BCUT2D eigenvalue weighted by atomic mass is 9.61. The van der Waals surface area contributed by atoms with E-state index in [0.29, 0.717) is 5.41 Å². The van der Waals surface area contributed by atoms with Crippen LogP contribution in [-0.2, 0) is 0 Å². The number of allylic oxidation sites excluding steroid dienone is 2. The second-order valence-electron chi connectivity index (χ2n) is 6.18. The molecule has 0 aromatic carbocycles. The van der Waals surface area contributed by atoms with Gasteiger partial charge in [0.25, 0.3) is 0 Å². The molecule has 2 saturated carbocycles. The van der Waals surface area contributed by atoms with Gasteiger partial charge < -0.3 is 10.8 Å². The Kier molecular flexibility index (Phi) is 2.60. The van der Waals surface area contributed by atoms with Gasteiger partial charge in [-0.05, 0) is 68.2 Å². The van der Waals surface area contributed by atoms with E-state index in [1.165, 1.54) is 12.8 Å². The van der Waals surface area contributed by atoms with Gasteiger partial charge in [0, 0.05) is 0 Å². The summed E-state index contributed by atoms with van der Waals surface area (Å²) in [4.78, 5) is 0. The number of rotatable bonds is 2. The van der Waals surface area contributed by atoms with Crippen molar-refractivity contribution in [1.82, 2.24) is 0 Å². The maximum atomic E-state index is 9.66. The Morgan fingerprint density at radius 2 is 1.94 bits per heavy atom. The lowest BCUT2D eigenvalue weighted by Crippen LogP contribution is -2.43. The summed E-state index contributed by atoms with van der Waals surface area (Å²) in [6, 6.07) is 0. The lowest BCUT2D eigenvalue weighted by molar-refractivity contribution is 0.0212. The maximum Gasteiger partial charge on any atom is 0.0540 e. The van der Waals surface area contributed by atoms with Crippen molar-refractivity contribution in [2.45, 2.75) is 44.6 Å². The van der Waals surface area contributed by atoms with Gasteiger partial charge in [0.15, 0.2) is 0 Å². The van der Waals surface area contributed by atoms with Crippen LogP contribution >= 0.6 is 0 Å². The molecule has 3 aliphatic carbocycles. The van der Waals surface area contributed by atoms with E-state index in [1.54, 1.807) is 0 Å². The van der Waals surface area contributed by atoms with Gasteiger partial charge in [0.2, 0.25) is 0 Å². The molecular weight excluding hydrogens is 198 g/mol. The summed E-state index contributed by atoms with van der Waals surface area (Å²) < 4.78 is 0. The zero-order valence-corrected chi connectivity index (χ0v) is 9.94. The quantitative estimate of drug-likeness (QED) is 0.701. The Morgan fingerprint density at radius 3 is 2.44 bits per heavy atom. The summed E-state index contributed by atoms with van der Waals surface area (Å²) in [6.07, 6.45) is 11.7. The zero-order chi connectivity index (χ0) is 11.2. The fraction of sp³-hybridized carbons (Fsp3) is 0.857. The van der Waals surface area contributed by atoms with Crippen LogP contribution in [0.4, 0.5) is 0 Å². The Labute approximate surface area is 97.9 Å². The smallest absolute Gasteiger partial charge is 0.0540 e. The largest absolute Gasteiger partial charge is 0.393 e. The number of fused-ring (bicyclic) bond motifs is 2. The third kappa shape index (κ3) is 1.54. The topological polar surface area (TPSA) is 46.2 Å². The summed E-state index contributed by atoms with van der Waals surface area (Å²) >= 11 is 0. The Hall–Kier alpha value is -0.340. The predicted octanol–water partition coefficient (Wildman–Crippen LogP) is 2.08. The van der Waals surface area contributed by atoms with Gasteiger partial charge >= 0.3 is 0 Å². The Bertz CT molecular complexity index is 291. The monoisotopic (exact) mass is 221 g/mol. The van der Waals surface area contributed by atoms with Crippen molar-refractivity contribution in [2.75, 3.05) is 6.54 Å². The molecule has 0 heterocycles. The van der Waals surface area contributed by atoms with Crippen LogP contribution in [-0.4, -0.2) is 17.8 Å². The highest BCUT2D eigenvalue weighted by Gasteiger charge is 2.48. The first kappa shape index (κ1) is 10.8. The van der Waals surface area contributed by atoms with Gasteiger partial charge in [-0.1, -0.05) is 12.2 Å². The van der Waals surface area contributed by atoms with Gasteiger partial charge in [-0.15, -0.1) is 0 Å². The molecule has 0 aliphatic heterocycles. The number of nitrogens with two attached hydrogens (primary N) is 1. The average Bonchev–Trinajstić information content (AvgIpc) is 2.93. The summed E-state index contributed by atoms with van der Waals surface area (Å²) in [5, 5.41) is 9.66. The molecule has 2 nitrogen and oxygen atoms in total. The highest BCUT2D eigenvalue weighted by Crippen LogP contribution is 2.55. The number of hydrogen-bond donors (Lipinski definition) is 2. The van der Waals surface area contributed by atoms with Crippen LogP contribution in [0.2, 0.25) is 0 Å². The van der Waals surface area contributed by atoms with E-state index < -0.39 is 0 Å². The first-order chi connectivity index (χ1) is 7.73. The van der Waals surface area contributed by atoms with Crippen LogP contribution < -0.4 is 5.73 Å². The van der Waals surface area contributed by atoms with Crippen LogP contribution in [0.1, 0.15) is 38.5 Å². The highest BCUT2D eigenvalue weighted by molar-refractivity contribution is 5.14. The molecule has 0 radical (unpaired) electrons. The molecule has 0 spiro atoms. The van der Waals surface area contributed by atoms with Crippen molar-refractivity contribution in [3.05, 3.63) is 12.2 Å². The third-order valence-electron chi connectivity index (χ3n) is 5.42. The van der Waals surface area contributed by atoms with Crippen LogP contribution in [0.5, 0.6) is 0 Å². The van der Waals surface area contributed by atoms with Crippen molar-refractivity contribution in [1.29, 1.82) is 0 Å². The van der Waals surface area contributed by atoms with Crippen LogP contribution in [0.15, 0.2) is 12.2 Å². The van der Waals surface area contributed by atoms with Gasteiger partial charge in [-0.2, -0.15) is 0 Å². The molecule has 3 aliphatic rings. The van der Waals surface area contributed by atoms with E-state index in [9.17, 15) is 5.11 Å². The predicted molar refractivity (Wildman–Crippen MR) is 64.8 cm³/mol. The minimum atomic E-state index is -0.0613. The van der Waals surface area contributed by atoms with Crippen molar-refractivity contribution < 1.29 is 5.11 Å². The molecule has 3 rings (SSSR count). The molecular formula is C14H23NO. The van der Waals surface area contributed by atoms with Gasteiger partial charge in [-0.3, -0.25) is 0 Å². The standard InChI is InChI=1S/C14H23NO/c15-9-14(5-3-12(16)4-6-14)13-8-10-1-2-11(13)7-10/h1-2,10-13,16H,3-9,15H2. The van der Waals surface area contributed by atoms with Crippen LogP contribution in [0.25, 0.3) is 0 Å². The zero-order valence-electron chi connectivity index (χ0n) is 9.94. The summed E-state index contributed by atoms with van der Waals surface area (Å²) in [5.41, 5.74) is 6.44. The third-order valence-corrected chi connectivity index (χ3v) is 5.42. The maximum absolute atomic E-state index is 9.66. The first-order valence-electron chi connectivity index (χ1n) is 6.80. The molecule has 90 valence electrons. The van der Waals surface area contributed by atoms with Crippen LogP contribution in [0, 0.1) is 23.2 Å². The first-order valence-corrected chi connectivity index (χ1v) is 6.80. The number of aliphatic hydroxyl groups is 1. The van der Waals surface area contributed by atoms with Crippen molar-refractivity contribution in [3.63, 3.8) is 0 Å². The van der Waals surface area contributed by atoms with Gasteiger partial charge in [0.1, 0.15) is 0 Å². The molecule has 2 heteroatoms. The summed E-state index contributed by atoms with van der Waals surface area (Å²) in [5.74, 6) is 2.44. The highest BCUT2D eigenvalue weighted by atomic mass is 16.3. The molecule has 0 aromatic heterocycles. The second-order valence-corrected chi connectivity index (χ2v) is 6.18. The van der Waals surface area contributed by atoms with E-state index in [-0.39, 0.29) is 6.10 Å². The molecule has 0 saturated heterocycles. The van der Waals surface area contributed by atoms with Gasteiger partial charge in [0.05, 0.1) is 6.10 Å². The van der Waals surface area contributed by atoms with E-state index in [2.05, 4.69) is 12.2 Å². The normalized spacial score (nSPS) is 51.1. The summed E-state index contributed by atoms with van der Waals surface area (Å²) in [6.45, 7) is 0.821. The van der Waals surface area contributed by atoms with Crippen LogP contribution in [0.3, 0.4) is 0 Å². The van der Waals surface area contributed by atoms with Crippen molar-refractivity contribution >= 4 is 0 Å². The lowest BCUT2D eigenvalue weighted by Gasteiger charge is -2.45. The number of aliphatic hydroxyl groups excluding tert-OH is 1. The van der Waals surface area contributed by atoms with E-state index >= 15 is 0 Å². The summed E-state index contributed by atoms with van der Waals surface area (Å²) in [7, 11) is 0. The Morgan fingerprint density at radius 1 is 1.19 bits per heavy atom. The second kappa shape index (κ2) is 3.85. The molecule has 3 unspecified atom stereocenters. The average molecular weight is 221 g/mol. The Balaban J connectivity index is 1.78. The molecule has 0 amide bonds. The molecule has 2 bridgehead atoms. The van der Waals surface area contributed by atoms with Gasteiger partial charge in [-0.25, -0.2) is 0 Å². The fourth-order valence-electron chi connectivity index (χ4n) is 4.39. The molecule has 3 atom stereocenters. The molecule has 16 heavy (non-hydrogen) atoms. The van der Waals surface area contributed by atoms with Crippen molar-refractivity contribution in [2.24, 2.45) is 28.9 Å². The van der Waals surface area contributed by atoms with E-state index in [4.69, 9.17) is 5.73 Å². The molecule has 2 fully saturated rings. The van der Waals surface area contributed by atoms with E-state index in [1.807, 2.05) is 0 Å². The van der Waals surface area contributed by atoms with Crippen molar-refractivity contribution in [3.8, 4) is 0 Å². The van der Waals surface area contributed by atoms with E-state index in [0.717, 1.165) is 50.0 Å². The molecule has 3 N–H and O–H groups in total. The number of hydrogen-bond acceptors (Lipinski definition) is 2. The SMILES string of the molecule is NCC1(C2CC3C=CC2C3)CCC(O)CC1. The fourth-order valence-corrected chi connectivity index (χ4v) is 4.39. The molecule has 0 aromatic rings. The minimum absolute atomic E-state index is 0.0613.